The monoisotopic (exact) mass is 287 g/mol. The molecular formula is C17H21NO3. The van der Waals surface area contributed by atoms with E-state index in [-0.39, 0.29) is 5.91 Å². The second kappa shape index (κ2) is 5.88. The zero-order valence-corrected chi connectivity index (χ0v) is 12.1. The molecule has 0 radical (unpaired) electrons. The van der Waals surface area contributed by atoms with E-state index in [2.05, 4.69) is 18.2 Å². The molecular weight excluding hydrogens is 266 g/mol. The van der Waals surface area contributed by atoms with Gasteiger partial charge >= 0.3 is 5.97 Å². The summed E-state index contributed by atoms with van der Waals surface area (Å²) in [7, 11) is 0. The molecule has 3 rings (SSSR count). The molecule has 1 aromatic rings. The number of benzene rings is 1. The molecule has 4 heteroatoms. The van der Waals surface area contributed by atoms with Crippen molar-refractivity contribution in [3.8, 4) is 0 Å². The fourth-order valence-corrected chi connectivity index (χ4v) is 3.63. The number of nitrogens with zero attached hydrogens (tertiary/aromatic N) is 1. The molecule has 0 unspecified atom stereocenters. The van der Waals surface area contributed by atoms with E-state index >= 15 is 0 Å². The minimum atomic E-state index is -0.866. The van der Waals surface area contributed by atoms with Crippen molar-refractivity contribution >= 4 is 11.9 Å². The second-order valence-electron chi connectivity index (χ2n) is 6.17. The van der Waals surface area contributed by atoms with Crippen LogP contribution in [0.4, 0.5) is 0 Å². The topological polar surface area (TPSA) is 57.6 Å². The van der Waals surface area contributed by atoms with E-state index in [1.807, 2.05) is 6.07 Å². The van der Waals surface area contributed by atoms with Crippen molar-refractivity contribution in [1.82, 2.24) is 4.90 Å². The molecule has 0 bridgehead atoms. The minimum absolute atomic E-state index is 0.0179. The van der Waals surface area contributed by atoms with E-state index in [1.54, 1.807) is 4.90 Å². The molecule has 1 aromatic carbocycles. The molecule has 0 saturated carbocycles. The van der Waals surface area contributed by atoms with E-state index in [9.17, 15) is 14.7 Å². The number of likely N-dealkylation sites (tertiary alicyclic amines) is 1. The first kappa shape index (κ1) is 14.1. The van der Waals surface area contributed by atoms with Gasteiger partial charge in [-0.3, -0.25) is 4.79 Å². The normalized spacial score (nSPS) is 24.7. The van der Waals surface area contributed by atoms with Gasteiger partial charge in [0.1, 0.15) is 6.04 Å². The highest BCUT2D eigenvalue weighted by atomic mass is 16.4. The summed E-state index contributed by atoms with van der Waals surface area (Å²) in [5, 5.41) is 9.17. The van der Waals surface area contributed by atoms with Crippen LogP contribution in [0.3, 0.4) is 0 Å². The van der Waals surface area contributed by atoms with Crippen LogP contribution in [0.1, 0.15) is 36.8 Å². The molecule has 0 aromatic heterocycles. The summed E-state index contributed by atoms with van der Waals surface area (Å²) in [4.78, 5) is 25.2. The summed E-state index contributed by atoms with van der Waals surface area (Å²) in [5.74, 6) is -0.499. The molecule has 21 heavy (non-hydrogen) atoms. The number of aryl methyl sites for hydroxylation is 1. The van der Waals surface area contributed by atoms with E-state index in [0.717, 1.165) is 25.7 Å². The molecule has 112 valence electrons. The summed E-state index contributed by atoms with van der Waals surface area (Å²) in [5.41, 5.74) is 2.74. The van der Waals surface area contributed by atoms with E-state index in [1.165, 1.54) is 11.1 Å². The van der Waals surface area contributed by atoms with Crippen LogP contribution in [0.15, 0.2) is 24.3 Å². The fourth-order valence-electron chi connectivity index (χ4n) is 3.63. The average Bonchev–Trinajstić information content (AvgIpc) is 2.97. The highest BCUT2D eigenvalue weighted by Crippen LogP contribution is 2.29. The van der Waals surface area contributed by atoms with E-state index in [0.29, 0.717) is 25.3 Å². The van der Waals surface area contributed by atoms with Crippen LogP contribution in [-0.2, 0) is 22.4 Å². The molecule has 1 heterocycles. The van der Waals surface area contributed by atoms with Crippen molar-refractivity contribution in [1.29, 1.82) is 0 Å². The molecule has 1 fully saturated rings. The lowest BCUT2D eigenvalue weighted by molar-refractivity contribution is -0.148. The zero-order valence-electron chi connectivity index (χ0n) is 12.1. The lowest BCUT2D eigenvalue weighted by Gasteiger charge is -2.27. The molecule has 1 aliphatic heterocycles. The van der Waals surface area contributed by atoms with Crippen molar-refractivity contribution in [2.45, 2.75) is 44.6 Å². The third kappa shape index (κ3) is 2.94. The fraction of sp³-hybridized carbons (Fsp3) is 0.529. The first-order chi connectivity index (χ1) is 10.1. The van der Waals surface area contributed by atoms with Gasteiger partial charge in [0.25, 0.3) is 0 Å². The van der Waals surface area contributed by atoms with Crippen LogP contribution in [0.2, 0.25) is 0 Å². The first-order valence-electron chi connectivity index (χ1n) is 7.74. The molecule has 1 aliphatic carbocycles. The maximum absolute atomic E-state index is 12.4. The summed E-state index contributed by atoms with van der Waals surface area (Å²) >= 11 is 0. The highest BCUT2D eigenvalue weighted by molar-refractivity contribution is 5.84. The van der Waals surface area contributed by atoms with Crippen LogP contribution in [0.25, 0.3) is 0 Å². The number of carbonyl (C=O) groups excluding carboxylic acids is 1. The predicted octanol–water partition coefficient (Wildman–Crippen LogP) is 2.26. The molecule has 1 N–H and O–H groups in total. The third-order valence-electron chi connectivity index (χ3n) is 4.77. The third-order valence-corrected chi connectivity index (χ3v) is 4.77. The van der Waals surface area contributed by atoms with Gasteiger partial charge in [0, 0.05) is 13.0 Å². The summed E-state index contributed by atoms with van der Waals surface area (Å²) in [6.45, 7) is 0.596. The standard InChI is InChI=1S/C17H21NO3/c19-16(18-9-3-6-15(18)17(20)21)11-12-7-8-13-4-1-2-5-14(13)10-12/h1-2,4-5,12,15H,3,6-11H2,(H,20,21)/t12-,15+/m0/s1. The van der Waals surface area contributed by atoms with Crippen molar-refractivity contribution < 1.29 is 14.7 Å². The Bertz CT molecular complexity index is 555. The van der Waals surface area contributed by atoms with Gasteiger partial charge in [-0.15, -0.1) is 0 Å². The maximum Gasteiger partial charge on any atom is 0.326 e. The van der Waals surface area contributed by atoms with Crippen LogP contribution in [-0.4, -0.2) is 34.5 Å². The van der Waals surface area contributed by atoms with Gasteiger partial charge in [-0.1, -0.05) is 24.3 Å². The Kier molecular flexibility index (Phi) is 3.95. The largest absolute Gasteiger partial charge is 0.480 e. The van der Waals surface area contributed by atoms with Crippen LogP contribution in [0, 0.1) is 5.92 Å². The highest BCUT2D eigenvalue weighted by Gasteiger charge is 2.34. The van der Waals surface area contributed by atoms with Gasteiger partial charge in [0.2, 0.25) is 5.91 Å². The van der Waals surface area contributed by atoms with Gasteiger partial charge in [0.05, 0.1) is 0 Å². The lowest BCUT2D eigenvalue weighted by atomic mass is 9.82. The SMILES string of the molecule is O=C(O)[C@H]1CCCN1C(=O)C[C@H]1CCc2ccccc2C1. The number of fused-ring (bicyclic) bond motifs is 1. The molecule has 2 aliphatic rings. The van der Waals surface area contributed by atoms with Gasteiger partial charge < -0.3 is 10.0 Å². The Morgan fingerprint density at radius 1 is 1.19 bits per heavy atom. The van der Waals surface area contributed by atoms with Crippen molar-refractivity contribution in [2.24, 2.45) is 5.92 Å². The molecule has 2 atom stereocenters. The Morgan fingerprint density at radius 3 is 2.71 bits per heavy atom. The quantitative estimate of drug-likeness (QED) is 0.927. The number of carboxylic acids is 1. The Hall–Kier alpha value is -1.84. The van der Waals surface area contributed by atoms with Crippen LogP contribution < -0.4 is 0 Å². The lowest BCUT2D eigenvalue weighted by Crippen LogP contribution is -2.41. The summed E-state index contributed by atoms with van der Waals surface area (Å²) < 4.78 is 0. The zero-order chi connectivity index (χ0) is 14.8. The smallest absolute Gasteiger partial charge is 0.326 e. The Morgan fingerprint density at radius 2 is 1.95 bits per heavy atom. The number of hydrogen-bond donors (Lipinski definition) is 1. The summed E-state index contributed by atoms with van der Waals surface area (Å²) in [6.07, 6.45) is 4.86. The number of carbonyl (C=O) groups is 2. The summed E-state index contributed by atoms with van der Waals surface area (Å²) in [6, 6.07) is 7.81. The number of aliphatic carboxylic acids is 1. The Balaban J connectivity index is 1.62. The van der Waals surface area contributed by atoms with Crippen molar-refractivity contribution in [3.63, 3.8) is 0 Å². The number of amides is 1. The van der Waals surface area contributed by atoms with Gasteiger partial charge in [0.15, 0.2) is 0 Å². The molecule has 0 spiro atoms. The van der Waals surface area contributed by atoms with Crippen molar-refractivity contribution in [2.75, 3.05) is 6.54 Å². The predicted molar refractivity (Wildman–Crippen MR) is 78.9 cm³/mol. The first-order valence-corrected chi connectivity index (χ1v) is 7.74. The van der Waals surface area contributed by atoms with E-state index < -0.39 is 12.0 Å². The molecule has 1 saturated heterocycles. The minimum Gasteiger partial charge on any atom is -0.480 e. The number of rotatable bonds is 3. The maximum atomic E-state index is 12.4. The van der Waals surface area contributed by atoms with Gasteiger partial charge in [-0.25, -0.2) is 4.79 Å². The van der Waals surface area contributed by atoms with Crippen molar-refractivity contribution in [3.05, 3.63) is 35.4 Å². The number of carboxylic acid groups (broad SMARTS) is 1. The average molecular weight is 287 g/mol. The Labute approximate surface area is 124 Å². The molecule has 4 nitrogen and oxygen atoms in total. The van der Waals surface area contributed by atoms with Crippen LogP contribution >= 0.6 is 0 Å². The van der Waals surface area contributed by atoms with E-state index in [4.69, 9.17) is 0 Å². The van der Waals surface area contributed by atoms with Gasteiger partial charge in [-0.2, -0.15) is 0 Å². The van der Waals surface area contributed by atoms with Gasteiger partial charge in [-0.05, 0) is 49.1 Å². The molecule has 1 amide bonds. The second-order valence-corrected chi connectivity index (χ2v) is 6.17. The number of hydrogen-bond acceptors (Lipinski definition) is 2. The van der Waals surface area contributed by atoms with Crippen LogP contribution in [0.5, 0.6) is 0 Å².